The topological polar surface area (TPSA) is 62.5 Å². The predicted molar refractivity (Wildman–Crippen MR) is 66.3 cm³/mol. The molecule has 96 valence electrons. The molecule has 0 atom stereocenters. The normalized spacial score (nSPS) is 10.7. The first-order chi connectivity index (χ1) is 8.15. The molecule has 1 heterocycles. The molecule has 0 aliphatic rings. The fraction of sp³-hybridized carbons (Fsp3) is 0.615. The van der Waals surface area contributed by atoms with Gasteiger partial charge in [0.05, 0.1) is 0 Å². The van der Waals surface area contributed by atoms with Gasteiger partial charge < -0.3 is 14.8 Å². The highest BCUT2D eigenvalue weighted by atomic mass is 16.4. The quantitative estimate of drug-likeness (QED) is 0.685. The van der Waals surface area contributed by atoms with Gasteiger partial charge in [0.2, 0.25) is 5.76 Å². The largest absolute Gasteiger partial charge is 0.475 e. The molecule has 0 bridgehead atoms. The van der Waals surface area contributed by atoms with Crippen molar-refractivity contribution < 1.29 is 14.3 Å². The maximum absolute atomic E-state index is 10.7. The van der Waals surface area contributed by atoms with Crippen LogP contribution in [-0.2, 0) is 6.54 Å². The van der Waals surface area contributed by atoms with Crippen LogP contribution >= 0.6 is 0 Å². The molecule has 0 fully saturated rings. The Hall–Kier alpha value is -1.29. The molecule has 0 spiro atoms. The maximum Gasteiger partial charge on any atom is 0.371 e. The summed E-state index contributed by atoms with van der Waals surface area (Å²) >= 11 is 0. The first-order valence-electron chi connectivity index (χ1n) is 6.18. The van der Waals surface area contributed by atoms with E-state index in [0.29, 0.717) is 12.3 Å². The molecular formula is C13H21NO3. The zero-order valence-electron chi connectivity index (χ0n) is 10.6. The van der Waals surface area contributed by atoms with Crippen molar-refractivity contribution in [2.45, 2.75) is 46.1 Å². The van der Waals surface area contributed by atoms with Crippen LogP contribution < -0.4 is 5.32 Å². The summed E-state index contributed by atoms with van der Waals surface area (Å²) < 4.78 is 5.13. The Kier molecular flexibility index (Phi) is 5.77. The highest BCUT2D eigenvalue weighted by molar-refractivity contribution is 5.84. The summed E-state index contributed by atoms with van der Waals surface area (Å²) in [6.07, 6.45) is 4.92. The molecular weight excluding hydrogens is 218 g/mol. The number of unbranched alkanes of at least 4 members (excludes halogenated alkanes) is 3. The Morgan fingerprint density at radius 2 is 2.18 bits per heavy atom. The molecule has 0 aliphatic heterocycles. The van der Waals surface area contributed by atoms with Gasteiger partial charge in [-0.3, -0.25) is 0 Å². The van der Waals surface area contributed by atoms with E-state index in [1.807, 2.05) is 0 Å². The molecule has 0 saturated heterocycles. The van der Waals surface area contributed by atoms with Crippen molar-refractivity contribution in [1.82, 2.24) is 5.32 Å². The van der Waals surface area contributed by atoms with Crippen LogP contribution in [0.2, 0.25) is 0 Å². The second-order valence-corrected chi connectivity index (χ2v) is 4.23. The number of nitrogens with one attached hydrogen (secondary N) is 1. The third kappa shape index (κ3) is 4.61. The first kappa shape index (κ1) is 13.8. The molecule has 0 radical (unpaired) electrons. The van der Waals surface area contributed by atoms with E-state index in [0.717, 1.165) is 18.5 Å². The number of rotatable bonds is 8. The standard InChI is InChI=1S/C13H21NO3/c1-3-4-5-6-7-14-9-11-8-12(13(15)16)17-10(11)2/h8,14H,3-7,9H2,1-2H3,(H,15,16). The molecule has 0 unspecified atom stereocenters. The molecule has 0 saturated carbocycles. The van der Waals surface area contributed by atoms with Crippen LogP contribution in [0.3, 0.4) is 0 Å². The Morgan fingerprint density at radius 3 is 2.76 bits per heavy atom. The molecule has 2 N–H and O–H groups in total. The van der Waals surface area contributed by atoms with Gasteiger partial charge in [-0.25, -0.2) is 4.79 Å². The third-order valence-corrected chi connectivity index (χ3v) is 2.75. The molecule has 17 heavy (non-hydrogen) atoms. The van der Waals surface area contributed by atoms with Crippen LogP contribution in [0.5, 0.6) is 0 Å². The average molecular weight is 239 g/mol. The van der Waals surface area contributed by atoms with Gasteiger partial charge in [0.15, 0.2) is 0 Å². The minimum atomic E-state index is -1.01. The highest BCUT2D eigenvalue weighted by Gasteiger charge is 2.12. The van der Waals surface area contributed by atoms with Crippen LogP contribution in [0.15, 0.2) is 10.5 Å². The van der Waals surface area contributed by atoms with Gasteiger partial charge in [0.1, 0.15) is 5.76 Å². The zero-order valence-corrected chi connectivity index (χ0v) is 10.6. The van der Waals surface area contributed by atoms with Gasteiger partial charge in [0.25, 0.3) is 0 Å². The Balaban J connectivity index is 2.29. The molecule has 4 heteroatoms. The second-order valence-electron chi connectivity index (χ2n) is 4.23. The Morgan fingerprint density at radius 1 is 1.41 bits per heavy atom. The van der Waals surface area contributed by atoms with Gasteiger partial charge in [0, 0.05) is 12.1 Å². The lowest BCUT2D eigenvalue weighted by atomic mass is 10.2. The number of aromatic carboxylic acids is 1. The summed E-state index contributed by atoms with van der Waals surface area (Å²) in [5.74, 6) is -0.309. The van der Waals surface area contributed by atoms with Crippen molar-refractivity contribution >= 4 is 5.97 Å². The van der Waals surface area contributed by atoms with E-state index >= 15 is 0 Å². The van der Waals surface area contributed by atoms with Crippen molar-refractivity contribution in [2.75, 3.05) is 6.54 Å². The van der Waals surface area contributed by atoms with Crippen molar-refractivity contribution in [1.29, 1.82) is 0 Å². The third-order valence-electron chi connectivity index (χ3n) is 2.75. The molecule has 4 nitrogen and oxygen atoms in total. The summed E-state index contributed by atoms with van der Waals surface area (Å²) in [5, 5.41) is 12.1. The average Bonchev–Trinajstić information content (AvgIpc) is 2.65. The summed E-state index contributed by atoms with van der Waals surface area (Å²) in [5.41, 5.74) is 0.929. The minimum absolute atomic E-state index is 0.0188. The number of aryl methyl sites for hydroxylation is 1. The lowest BCUT2D eigenvalue weighted by molar-refractivity contribution is 0.0661. The molecule has 1 aromatic rings. The van der Waals surface area contributed by atoms with Crippen molar-refractivity contribution in [3.8, 4) is 0 Å². The summed E-state index contributed by atoms with van der Waals surface area (Å²) in [6, 6.07) is 1.59. The van der Waals surface area contributed by atoms with Crippen LogP contribution in [0.1, 0.15) is 54.5 Å². The van der Waals surface area contributed by atoms with E-state index in [1.165, 1.54) is 19.3 Å². The van der Waals surface area contributed by atoms with Gasteiger partial charge in [-0.05, 0) is 26.0 Å². The van der Waals surface area contributed by atoms with Crippen LogP contribution in [0.25, 0.3) is 0 Å². The van der Waals surface area contributed by atoms with Crippen LogP contribution in [-0.4, -0.2) is 17.6 Å². The monoisotopic (exact) mass is 239 g/mol. The number of hydrogen-bond acceptors (Lipinski definition) is 3. The zero-order chi connectivity index (χ0) is 12.7. The fourth-order valence-corrected chi connectivity index (χ4v) is 1.70. The summed E-state index contributed by atoms with van der Waals surface area (Å²) in [4.78, 5) is 10.7. The van der Waals surface area contributed by atoms with Crippen molar-refractivity contribution in [3.05, 3.63) is 23.2 Å². The Labute approximate surface area is 102 Å². The fourth-order valence-electron chi connectivity index (χ4n) is 1.70. The van der Waals surface area contributed by atoms with Crippen molar-refractivity contribution in [2.24, 2.45) is 0 Å². The summed E-state index contributed by atoms with van der Waals surface area (Å²) in [6.45, 7) is 5.62. The molecule has 1 rings (SSSR count). The van der Waals surface area contributed by atoms with E-state index in [2.05, 4.69) is 12.2 Å². The maximum atomic E-state index is 10.7. The minimum Gasteiger partial charge on any atom is -0.475 e. The summed E-state index contributed by atoms with van der Waals surface area (Å²) in [7, 11) is 0. The van der Waals surface area contributed by atoms with Crippen LogP contribution in [0.4, 0.5) is 0 Å². The smallest absolute Gasteiger partial charge is 0.371 e. The van der Waals surface area contributed by atoms with Gasteiger partial charge >= 0.3 is 5.97 Å². The second kappa shape index (κ2) is 7.12. The van der Waals surface area contributed by atoms with E-state index in [4.69, 9.17) is 9.52 Å². The predicted octanol–water partition coefficient (Wildman–Crippen LogP) is 2.96. The van der Waals surface area contributed by atoms with E-state index in [9.17, 15) is 4.79 Å². The number of hydrogen-bond donors (Lipinski definition) is 2. The van der Waals surface area contributed by atoms with Gasteiger partial charge in [-0.15, -0.1) is 0 Å². The highest BCUT2D eigenvalue weighted by Crippen LogP contribution is 2.14. The Bertz CT molecular complexity index is 358. The van der Waals surface area contributed by atoms with Crippen molar-refractivity contribution in [3.63, 3.8) is 0 Å². The van der Waals surface area contributed by atoms with E-state index < -0.39 is 5.97 Å². The van der Waals surface area contributed by atoms with Crippen LogP contribution in [0, 0.1) is 6.92 Å². The number of carbonyl (C=O) groups is 1. The first-order valence-corrected chi connectivity index (χ1v) is 6.18. The number of carboxylic acids is 1. The molecule has 1 aromatic heterocycles. The van der Waals surface area contributed by atoms with E-state index in [-0.39, 0.29) is 5.76 Å². The van der Waals surface area contributed by atoms with E-state index in [1.54, 1.807) is 13.0 Å². The number of furan rings is 1. The van der Waals surface area contributed by atoms with Gasteiger partial charge in [-0.2, -0.15) is 0 Å². The van der Waals surface area contributed by atoms with Gasteiger partial charge in [-0.1, -0.05) is 26.2 Å². The molecule has 0 amide bonds. The molecule has 0 aromatic carbocycles. The molecule has 0 aliphatic carbocycles. The SMILES string of the molecule is CCCCCCNCc1cc(C(=O)O)oc1C. The number of carboxylic acid groups (broad SMARTS) is 1. The lowest BCUT2D eigenvalue weighted by Crippen LogP contribution is -2.14. The lowest BCUT2D eigenvalue weighted by Gasteiger charge is -2.03.